The lowest BCUT2D eigenvalue weighted by Crippen LogP contribution is -2.42. The van der Waals surface area contributed by atoms with Crippen LogP contribution in [0.5, 0.6) is 0 Å². The van der Waals surface area contributed by atoms with Crippen molar-refractivity contribution in [2.24, 2.45) is 11.1 Å². The Balaban J connectivity index is 2.03. The van der Waals surface area contributed by atoms with Crippen molar-refractivity contribution < 1.29 is 9.47 Å². The molecule has 0 aromatic heterocycles. The van der Waals surface area contributed by atoms with Gasteiger partial charge in [0, 0.05) is 19.1 Å². The third-order valence-electron chi connectivity index (χ3n) is 3.93. The lowest BCUT2D eigenvalue weighted by atomic mass is 9.70. The molecule has 3 nitrogen and oxygen atoms in total. The molecule has 2 N–H and O–H groups in total. The fraction of sp³-hybridized carbons (Fsp3) is 1.00. The van der Waals surface area contributed by atoms with E-state index < -0.39 is 0 Å². The standard InChI is InChI=1S/C11H21NO2/c1-8(13-2)5-11(7-12)6-9-3-4-10(11)14-9/h8-10H,3-7,12H2,1-2H3. The Labute approximate surface area is 85.9 Å². The number of hydrogen-bond acceptors (Lipinski definition) is 3. The molecule has 0 aliphatic carbocycles. The molecule has 82 valence electrons. The van der Waals surface area contributed by atoms with Crippen molar-refractivity contribution in [1.82, 2.24) is 0 Å². The van der Waals surface area contributed by atoms with Gasteiger partial charge in [0.05, 0.1) is 18.3 Å². The summed E-state index contributed by atoms with van der Waals surface area (Å²) in [7, 11) is 1.77. The average molecular weight is 199 g/mol. The van der Waals surface area contributed by atoms with Crippen LogP contribution in [0.4, 0.5) is 0 Å². The number of fused-ring (bicyclic) bond motifs is 2. The first kappa shape index (κ1) is 10.4. The summed E-state index contributed by atoms with van der Waals surface area (Å²) < 4.78 is 11.2. The van der Waals surface area contributed by atoms with E-state index in [0.29, 0.717) is 18.3 Å². The maximum Gasteiger partial charge on any atom is 0.0650 e. The van der Waals surface area contributed by atoms with Crippen molar-refractivity contribution in [2.45, 2.75) is 50.9 Å². The summed E-state index contributed by atoms with van der Waals surface area (Å²) in [6.07, 6.45) is 5.78. The second kappa shape index (κ2) is 3.80. The van der Waals surface area contributed by atoms with Gasteiger partial charge < -0.3 is 15.2 Å². The summed E-state index contributed by atoms with van der Waals surface area (Å²) in [5, 5.41) is 0. The van der Waals surface area contributed by atoms with E-state index in [1.807, 2.05) is 0 Å². The molecule has 2 aliphatic heterocycles. The molecular formula is C11H21NO2. The van der Waals surface area contributed by atoms with Crippen LogP contribution >= 0.6 is 0 Å². The molecule has 4 unspecified atom stereocenters. The zero-order valence-corrected chi connectivity index (χ0v) is 9.16. The monoisotopic (exact) mass is 199 g/mol. The molecule has 2 aliphatic rings. The Kier molecular flexibility index (Phi) is 2.82. The topological polar surface area (TPSA) is 44.5 Å². The van der Waals surface area contributed by atoms with Crippen LogP contribution in [-0.2, 0) is 9.47 Å². The molecule has 2 fully saturated rings. The van der Waals surface area contributed by atoms with Crippen LogP contribution in [0.3, 0.4) is 0 Å². The zero-order valence-electron chi connectivity index (χ0n) is 9.16. The van der Waals surface area contributed by atoms with Crippen molar-refractivity contribution in [3.8, 4) is 0 Å². The summed E-state index contributed by atoms with van der Waals surface area (Å²) in [6.45, 7) is 2.85. The third-order valence-corrected chi connectivity index (χ3v) is 3.93. The normalized spacial score (nSPS) is 43.1. The van der Waals surface area contributed by atoms with Gasteiger partial charge in [0.1, 0.15) is 0 Å². The summed E-state index contributed by atoms with van der Waals surface area (Å²) >= 11 is 0. The fourth-order valence-corrected chi connectivity index (χ4v) is 3.06. The van der Waals surface area contributed by atoms with E-state index >= 15 is 0 Å². The van der Waals surface area contributed by atoms with Crippen LogP contribution in [0.1, 0.15) is 32.6 Å². The van der Waals surface area contributed by atoms with Crippen molar-refractivity contribution in [1.29, 1.82) is 0 Å². The molecule has 14 heavy (non-hydrogen) atoms. The fourth-order valence-electron chi connectivity index (χ4n) is 3.06. The molecule has 0 aromatic rings. The molecular weight excluding hydrogens is 178 g/mol. The lowest BCUT2D eigenvalue weighted by molar-refractivity contribution is 0.0193. The zero-order chi connectivity index (χ0) is 10.2. The molecule has 0 spiro atoms. The minimum absolute atomic E-state index is 0.207. The Hall–Kier alpha value is -0.120. The summed E-state index contributed by atoms with van der Waals surface area (Å²) in [4.78, 5) is 0. The van der Waals surface area contributed by atoms with Gasteiger partial charge in [0.15, 0.2) is 0 Å². The summed E-state index contributed by atoms with van der Waals surface area (Å²) in [5.41, 5.74) is 6.13. The Morgan fingerprint density at radius 3 is 2.79 bits per heavy atom. The smallest absolute Gasteiger partial charge is 0.0650 e. The van der Waals surface area contributed by atoms with E-state index in [0.717, 1.165) is 19.4 Å². The maximum absolute atomic E-state index is 5.92. The molecule has 2 bridgehead atoms. The van der Waals surface area contributed by atoms with E-state index in [9.17, 15) is 0 Å². The van der Waals surface area contributed by atoms with E-state index in [1.54, 1.807) is 7.11 Å². The molecule has 0 radical (unpaired) electrons. The third kappa shape index (κ3) is 1.58. The number of nitrogens with two attached hydrogens (primary N) is 1. The largest absolute Gasteiger partial charge is 0.382 e. The maximum atomic E-state index is 5.92. The molecule has 0 aromatic carbocycles. The first-order valence-electron chi connectivity index (χ1n) is 5.58. The first-order chi connectivity index (χ1) is 6.70. The van der Waals surface area contributed by atoms with Gasteiger partial charge in [-0.3, -0.25) is 0 Å². The molecule has 0 amide bonds. The number of hydrogen-bond donors (Lipinski definition) is 1. The van der Waals surface area contributed by atoms with Crippen LogP contribution in [0.15, 0.2) is 0 Å². The predicted octanol–water partition coefficient (Wildman–Crippen LogP) is 1.31. The van der Waals surface area contributed by atoms with Crippen molar-refractivity contribution in [3.05, 3.63) is 0 Å². The Morgan fingerprint density at radius 1 is 1.57 bits per heavy atom. The van der Waals surface area contributed by atoms with Gasteiger partial charge >= 0.3 is 0 Å². The highest BCUT2D eigenvalue weighted by Gasteiger charge is 2.51. The van der Waals surface area contributed by atoms with E-state index in [-0.39, 0.29) is 5.41 Å². The molecule has 2 heterocycles. The second-order valence-corrected chi connectivity index (χ2v) is 4.85. The number of ether oxygens (including phenoxy) is 2. The Bertz CT molecular complexity index is 209. The SMILES string of the molecule is COC(C)CC1(CN)CC2CCC1O2. The van der Waals surface area contributed by atoms with Crippen molar-refractivity contribution in [2.75, 3.05) is 13.7 Å². The molecule has 2 rings (SSSR count). The van der Waals surface area contributed by atoms with Gasteiger partial charge in [-0.15, -0.1) is 0 Å². The van der Waals surface area contributed by atoms with Crippen LogP contribution in [-0.4, -0.2) is 32.0 Å². The van der Waals surface area contributed by atoms with Crippen molar-refractivity contribution >= 4 is 0 Å². The highest BCUT2D eigenvalue weighted by atomic mass is 16.5. The van der Waals surface area contributed by atoms with Crippen LogP contribution < -0.4 is 5.73 Å². The van der Waals surface area contributed by atoms with Gasteiger partial charge in [-0.1, -0.05) is 0 Å². The van der Waals surface area contributed by atoms with Crippen LogP contribution in [0.25, 0.3) is 0 Å². The molecule has 0 saturated carbocycles. The quantitative estimate of drug-likeness (QED) is 0.742. The average Bonchev–Trinajstić information content (AvgIpc) is 2.77. The van der Waals surface area contributed by atoms with Gasteiger partial charge in [0.2, 0.25) is 0 Å². The number of rotatable bonds is 4. The van der Waals surface area contributed by atoms with E-state index in [2.05, 4.69) is 6.92 Å². The summed E-state index contributed by atoms with van der Waals surface area (Å²) in [6, 6.07) is 0. The second-order valence-electron chi connectivity index (χ2n) is 4.85. The number of methoxy groups -OCH3 is 1. The highest BCUT2D eigenvalue weighted by molar-refractivity contribution is 5.01. The van der Waals surface area contributed by atoms with Crippen molar-refractivity contribution in [3.63, 3.8) is 0 Å². The van der Waals surface area contributed by atoms with Gasteiger partial charge in [-0.2, -0.15) is 0 Å². The molecule has 4 atom stereocenters. The van der Waals surface area contributed by atoms with Gasteiger partial charge in [-0.25, -0.2) is 0 Å². The minimum atomic E-state index is 0.207. The van der Waals surface area contributed by atoms with E-state index in [4.69, 9.17) is 15.2 Å². The van der Waals surface area contributed by atoms with E-state index in [1.165, 1.54) is 12.8 Å². The Morgan fingerprint density at radius 2 is 2.36 bits per heavy atom. The lowest BCUT2D eigenvalue weighted by Gasteiger charge is -2.35. The van der Waals surface area contributed by atoms with Gasteiger partial charge in [0.25, 0.3) is 0 Å². The van der Waals surface area contributed by atoms with Crippen LogP contribution in [0, 0.1) is 5.41 Å². The predicted molar refractivity (Wildman–Crippen MR) is 55.1 cm³/mol. The molecule has 3 heteroatoms. The minimum Gasteiger partial charge on any atom is -0.382 e. The first-order valence-corrected chi connectivity index (χ1v) is 5.58. The summed E-state index contributed by atoms with van der Waals surface area (Å²) in [5.74, 6) is 0. The molecule has 2 saturated heterocycles. The highest BCUT2D eigenvalue weighted by Crippen LogP contribution is 2.49. The van der Waals surface area contributed by atoms with Crippen LogP contribution in [0.2, 0.25) is 0 Å². The van der Waals surface area contributed by atoms with Gasteiger partial charge in [-0.05, 0) is 32.6 Å².